The highest BCUT2D eigenvalue weighted by Crippen LogP contribution is 2.20. The van der Waals surface area contributed by atoms with Crippen LogP contribution in [-0.4, -0.2) is 47.3 Å². The predicted octanol–water partition coefficient (Wildman–Crippen LogP) is 1.81. The summed E-state index contributed by atoms with van der Waals surface area (Å²) in [5.41, 5.74) is 1.42. The molecule has 1 aromatic heterocycles. The number of carbonyl (C=O) groups is 1. The van der Waals surface area contributed by atoms with Gasteiger partial charge in [0, 0.05) is 25.6 Å². The number of hydrogen-bond acceptors (Lipinski definition) is 3. The molecule has 0 atom stereocenters. The number of likely N-dealkylation sites (tertiary alicyclic amines) is 1. The van der Waals surface area contributed by atoms with Crippen LogP contribution in [0.4, 0.5) is 0 Å². The number of fused-ring (bicyclic) bond motifs is 1. The van der Waals surface area contributed by atoms with Gasteiger partial charge in [0.25, 0.3) is 5.91 Å². The highest BCUT2D eigenvalue weighted by molar-refractivity contribution is 6.04. The Hall–Kier alpha value is -1.88. The third kappa shape index (κ3) is 2.21. The van der Waals surface area contributed by atoms with Crippen molar-refractivity contribution in [2.75, 3.05) is 20.2 Å². The van der Waals surface area contributed by atoms with Gasteiger partial charge in [0.05, 0.1) is 11.6 Å². The zero-order chi connectivity index (χ0) is 13.2. The van der Waals surface area contributed by atoms with Crippen molar-refractivity contribution in [2.45, 2.75) is 18.9 Å². The van der Waals surface area contributed by atoms with Gasteiger partial charge in [0.15, 0.2) is 5.69 Å². The Labute approximate surface area is 111 Å². The summed E-state index contributed by atoms with van der Waals surface area (Å²) in [4.78, 5) is 14.3. The van der Waals surface area contributed by atoms with Crippen molar-refractivity contribution < 1.29 is 9.53 Å². The minimum atomic E-state index is 0.00648. The monoisotopic (exact) mass is 259 g/mol. The largest absolute Gasteiger partial charge is 0.381 e. The third-order valence-corrected chi connectivity index (χ3v) is 3.74. The number of amides is 1. The van der Waals surface area contributed by atoms with E-state index in [0.29, 0.717) is 5.69 Å². The molecule has 0 spiro atoms. The number of nitrogens with one attached hydrogen (secondary N) is 1. The van der Waals surface area contributed by atoms with Gasteiger partial charge >= 0.3 is 0 Å². The third-order valence-electron chi connectivity index (χ3n) is 3.74. The number of aromatic nitrogens is 2. The summed E-state index contributed by atoms with van der Waals surface area (Å²) < 4.78 is 5.32. The number of aromatic amines is 1. The Morgan fingerprint density at radius 1 is 1.37 bits per heavy atom. The molecule has 0 unspecified atom stereocenters. The molecule has 1 N–H and O–H groups in total. The molecule has 0 bridgehead atoms. The van der Waals surface area contributed by atoms with E-state index in [9.17, 15) is 4.79 Å². The first-order valence-electron chi connectivity index (χ1n) is 6.55. The molecule has 2 aromatic rings. The second-order valence-electron chi connectivity index (χ2n) is 4.85. The molecule has 1 aliphatic rings. The highest BCUT2D eigenvalue weighted by atomic mass is 16.5. The van der Waals surface area contributed by atoms with E-state index in [0.717, 1.165) is 36.8 Å². The Morgan fingerprint density at radius 2 is 2.11 bits per heavy atom. The topological polar surface area (TPSA) is 58.2 Å². The quantitative estimate of drug-likeness (QED) is 0.895. The molecule has 19 heavy (non-hydrogen) atoms. The number of H-pyrrole nitrogens is 1. The number of carbonyl (C=O) groups excluding carboxylic acids is 1. The van der Waals surface area contributed by atoms with Crippen LogP contribution in [0.25, 0.3) is 10.9 Å². The zero-order valence-corrected chi connectivity index (χ0v) is 10.9. The maximum Gasteiger partial charge on any atom is 0.274 e. The van der Waals surface area contributed by atoms with Gasteiger partial charge in [0.1, 0.15) is 0 Å². The van der Waals surface area contributed by atoms with Crippen LogP contribution in [0.3, 0.4) is 0 Å². The summed E-state index contributed by atoms with van der Waals surface area (Å²) in [5.74, 6) is 0.00648. The second-order valence-corrected chi connectivity index (χ2v) is 4.85. The van der Waals surface area contributed by atoms with Crippen LogP contribution in [0.15, 0.2) is 24.3 Å². The minimum Gasteiger partial charge on any atom is -0.381 e. The average molecular weight is 259 g/mol. The molecule has 5 nitrogen and oxygen atoms in total. The SMILES string of the molecule is COC1CCN(C(=O)c2n[nH]c3ccccc23)CC1. The first kappa shape index (κ1) is 12.2. The lowest BCUT2D eigenvalue weighted by Crippen LogP contribution is -2.40. The van der Waals surface area contributed by atoms with Crippen molar-refractivity contribution in [3.63, 3.8) is 0 Å². The van der Waals surface area contributed by atoms with E-state index in [4.69, 9.17) is 4.74 Å². The van der Waals surface area contributed by atoms with Gasteiger partial charge in [-0.15, -0.1) is 0 Å². The average Bonchev–Trinajstić information content (AvgIpc) is 2.90. The van der Waals surface area contributed by atoms with E-state index in [1.54, 1.807) is 7.11 Å². The molecule has 0 radical (unpaired) electrons. The van der Waals surface area contributed by atoms with Crippen LogP contribution in [0.5, 0.6) is 0 Å². The molecule has 1 aliphatic heterocycles. The summed E-state index contributed by atoms with van der Waals surface area (Å²) in [7, 11) is 1.73. The van der Waals surface area contributed by atoms with Crippen molar-refractivity contribution in [1.82, 2.24) is 15.1 Å². The summed E-state index contributed by atoms with van der Waals surface area (Å²) >= 11 is 0. The lowest BCUT2D eigenvalue weighted by molar-refractivity contribution is 0.0348. The molecular weight excluding hydrogens is 242 g/mol. The maximum absolute atomic E-state index is 12.5. The number of benzene rings is 1. The van der Waals surface area contributed by atoms with Crippen LogP contribution in [0.2, 0.25) is 0 Å². The molecule has 1 saturated heterocycles. The van der Waals surface area contributed by atoms with Crippen molar-refractivity contribution in [3.8, 4) is 0 Å². The van der Waals surface area contributed by atoms with Gasteiger partial charge < -0.3 is 9.64 Å². The van der Waals surface area contributed by atoms with Crippen LogP contribution < -0.4 is 0 Å². The van der Waals surface area contributed by atoms with Crippen LogP contribution >= 0.6 is 0 Å². The molecule has 2 heterocycles. The van der Waals surface area contributed by atoms with Crippen molar-refractivity contribution in [3.05, 3.63) is 30.0 Å². The Bertz CT molecular complexity index is 585. The van der Waals surface area contributed by atoms with E-state index in [1.807, 2.05) is 29.2 Å². The Kier molecular flexibility index (Phi) is 3.21. The Balaban J connectivity index is 1.81. The summed E-state index contributed by atoms with van der Waals surface area (Å²) in [6.07, 6.45) is 2.06. The highest BCUT2D eigenvalue weighted by Gasteiger charge is 2.25. The number of hydrogen-bond donors (Lipinski definition) is 1. The van der Waals surface area contributed by atoms with E-state index in [-0.39, 0.29) is 12.0 Å². The first-order chi connectivity index (χ1) is 9.29. The van der Waals surface area contributed by atoms with E-state index >= 15 is 0 Å². The van der Waals surface area contributed by atoms with Crippen molar-refractivity contribution in [1.29, 1.82) is 0 Å². The van der Waals surface area contributed by atoms with Gasteiger partial charge in [0.2, 0.25) is 0 Å². The van der Waals surface area contributed by atoms with Gasteiger partial charge in [-0.1, -0.05) is 18.2 Å². The molecular formula is C14H17N3O2. The smallest absolute Gasteiger partial charge is 0.274 e. The fourth-order valence-corrected chi connectivity index (χ4v) is 2.57. The number of methoxy groups -OCH3 is 1. The Morgan fingerprint density at radius 3 is 2.84 bits per heavy atom. The fourth-order valence-electron chi connectivity index (χ4n) is 2.57. The molecule has 1 fully saturated rings. The molecule has 1 amide bonds. The predicted molar refractivity (Wildman–Crippen MR) is 72.0 cm³/mol. The minimum absolute atomic E-state index is 0.00648. The van der Waals surface area contributed by atoms with E-state index in [2.05, 4.69) is 10.2 Å². The molecule has 5 heteroatoms. The normalized spacial score (nSPS) is 17.0. The van der Waals surface area contributed by atoms with E-state index < -0.39 is 0 Å². The molecule has 0 aliphatic carbocycles. The van der Waals surface area contributed by atoms with Crippen LogP contribution in [-0.2, 0) is 4.74 Å². The lowest BCUT2D eigenvalue weighted by Gasteiger charge is -2.30. The number of ether oxygens (including phenoxy) is 1. The van der Waals surface area contributed by atoms with Gasteiger partial charge in [-0.2, -0.15) is 5.10 Å². The molecule has 1 aromatic carbocycles. The van der Waals surface area contributed by atoms with Crippen molar-refractivity contribution in [2.24, 2.45) is 0 Å². The molecule has 0 saturated carbocycles. The second kappa shape index (κ2) is 5.01. The first-order valence-corrected chi connectivity index (χ1v) is 6.55. The summed E-state index contributed by atoms with van der Waals surface area (Å²) in [6, 6.07) is 7.70. The van der Waals surface area contributed by atoms with E-state index in [1.165, 1.54) is 0 Å². The molecule has 100 valence electrons. The van der Waals surface area contributed by atoms with Gasteiger partial charge in [-0.3, -0.25) is 9.89 Å². The van der Waals surface area contributed by atoms with Crippen molar-refractivity contribution >= 4 is 16.8 Å². The van der Waals surface area contributed by atoms with Gasteiger partial charge in [-0.05, 0) is 18.9 Å². The zero-order valence-electron chi connectivity index (χ0n) is 10.9. The van der Waals surface area contributed by atoms with Crippen LogP contribution in [0, 0.1) is 0 Å². The summed E-state index contributed by atoms with van der Waals surface area (Å²) in [5, 5.41) is 7.96. The molecule has 3 rings (SSSR count). The summed E-state index contributed by atoms with van der Waals surface area (Å²) in [6.45, 7) is 1.47. The standard InChI is InChI=1S/C14H17N3O2/c1-19-10-6-8-17(9-7-10)14(18)13-11-4-2-3-5-12(11)15-16-13/h2-5,10H,6-9H2,1H3,(H,15,16). The number of rotatable bonds is 2. The van der Waals surface area contributed by atoms with Crippen LogP contribution in [0.1, 0.15) is 23.3 Å². The maximum atomic E-state index is 12.5. The number of nitrogens with zero attached hydrogens (tertiary/aromatic N) is 2. The number of piperidine rings is 1. The lowest BCUT2D eigenvalue weighted by atomic mass is 10.1. The number of para-hydroxylation sites is 1. The van der Waals surface area contributed by atoms with Gasteiger partial charge in [-0.25, -0.2) is 0 Å². The fraction of sp³-hybridized carbons (Fsp3) is 0.429.